The number of nitrogens with one attached hydrogen (secondary N) is 1. The highest BCUT2D eigenvalue weighted by Crippen LogP contribution is 2.08. The molecule has 2 heterocycles. The molecule has 0 spiro atoms. The molecule has 9 heteroatoms. The summed E-state index contributed by atoms with van der Waals surface area (Å²) in [6.45, 7) is 7.35. The Labute approximate surface area is 127 Å². The predicted octanol–water partition coefficient (Wildman–Crippen LogP) is 1.06. The third-order valence-electron chi connectivity index (χ3n) is 2.32. The molecule has 0 saturated heterocycles. The summed E-state index contributed by atoms with van der Waals surface area (Å²) < 4.78 is 5.14. The first-order valence-corrected chi connectivity index (χ1v) is 6.65. The van der Waals surface area contributed by atoms with Crippen LogP contribution in [0.15, 0.2) is 12.4 Å². The second-order valence-electron chi connectivity index (χ2n) is 5.54. The molecule has 0 aliphatic rings. The molecule has 1 N–H and O–H groups in total. The van der Waals surface area contributed by atoms with Crippen LogP contribution in [0.3, 0.4) is 0 Å². The van der Waals surface area contributed by atoms with Gasteiger partial charge in [-0.25, -0.2) is 14.8 Å². The van der Waals surface area contributed by atoms with Crippen LogP contribution in [0.5, 0.6) is 0 Å². The van der Waals surface area contributed by atoms with Crippen molar-refractivity contribution in [2.24, 2.45) is 0 Å². The smallest absolute Gasteiger partial charge is 0.407 e. The molecule has 0 aromatic carbocycles. The van der Waals surface area contributed by atoms with Crippen molar-refractivity contribution in [2.75, 3.05) is 0 Å². The van der Waals surface area contributed by atoms with Crippen LogP contribution in [0.2, 0.25) is 0 Å². The Hall–Kier alpha value is -2.71. The fourth-order valence-electron chi connectivity index (χ4n) is 1.42. The quantitative estimate of drug-likeness (QED) is 0.894. The molecular formula is C13H17N7O2. The zero-order chi connectivity index (χ0) is 16.2. The Morgan fingerprint density at radius 1 is 1.09 bits per heavy atom. The van der Waals surface area contributed by atoms with E-state index in [2.05, 4.69) is 35.7 Å². The van der Waals surface area contributed by atoms with Crippen LogP contribution in [0.25, 0.3) is 11.6 Å². The van der Waals surface area contributed by atoms with Gasteiger partial charge >= 0.3 is 6.09 Å². The van der Waals surface area contributed by atoms with E-state index in [0.717, 1.165) is 5.56 Å². The van der Waals surface area contributed by atoms with E-state index >= 15 is 0 Å². The van der Waals surface area contributed by atoms with Crippen LogP contribution in [0.1, 0.15) is 32.2 Å². The van der Waals surface area contributed by atoms with Gasteiger partial charge in [-0.05, 0) is 27.7 Å². The Kier molecular flexibility index (Phi) is 4.54. The number of aromatic nitrogens is 6. The van der Waals surface area contributed by atoms with Gasteiger partial charge in [-0.2, -0.15) is 0 Å². The number of nitrogens with zero attached hydrogens (tertiary/aromatic N) is 6. The minimum absolute atomic E-state index is 0.247. The minimum atomic E-state index is -0.535. The molecule has 0 aliphatic heterocycles. The third-order valence-corrected chi connectivity index (χ3v) is 2.32. The SMILES string of the molecule is Cc1nnc(-c2ncc(CNC(=O)OC(C)(C)C)cn2)nn1. The molecule has 2 aromatic rings. The summed E-state index contributed by atoms with van der Waals surface area (Å²) in [4.78, 5) is 19.8. The van der Waals surface area contributed by atoms with E-state index in [1.54, 1.807) is 40.1 Å². The molecule has 0 atom stereocenters. The molecule has 0 fully saturated rings. The standard InChI is InChI=1S/C13H17N7O2/c1-8-17-19-11(20-18-8)10-14-5-9(6-15-10)7-16-12(21)22-13(2,3)4/h5-6H,7H2,1-4H3,(H,16,21). The zero-order valence-electron chi connectivity index (χ0n) is 12.9. The van der Waals surface area contributed by atoms with E-state index in [1.165, 1.54) is 0 Å². The average Bonchev–Trinajstić information content (AvgIpc) is 2.45. The van der Waals surface area contributed by atoms with Gasteiger partial charge in [0.15, 0.2) is 5.82 Å². The lowest BCUT2D eigenvalue weighted by Crippen LogP contribution is -2.32. The molecule has 0 unspecified atom stereocenters. The van der Waals surface area contributed by atoms with E-state index < -0.39 is 11.7 Å². The second kappa shape index (κ2) is 6.37. The number of ether oxygens (including phenoxy) is 1. The van der Waals surface area contributed by atoms with Gasteiger partial charge in [-0.15, -0.1) is 20.4 Å². The van der Waals surface area contributed by atoms with Crippen LogP contribution >= 0.6 is 0 Å². The molecule has 2 aromatic heterocycles. The molecule has 2 rings (SSSR count). The molecule has 116 valence electrons. The van der Waals surface area contributed by atoms with Gasteiger partial charge in [-0.1, -0.05) is 0 Å². The Morgan fingerprint density at radius 3 is 2.23 bits per heavy atom. The number of rotatable bonds is 3. The van der Waals surface area contributed by atoms with Gasteiger partial charge < -0.3 is 10.1 Å². The summed E-state index contributed by atoms with van der Waals surface area (Å²) >= 11 is 0. The van der Waals surface area contributed by atoms with Gasteiger partial charge in [0.2, 0.25) is 11.6 Å². The molecule has 9 nitrogen and oxygen atoms in total. The monoisotopic (exact) mass is 303 g/mol. The predicted molar refractivity (Wildman–Crippen MR) is 76.5 cm³/mol. The molecule has 0 radical (unpaired) electrons. The van der Waals surface area contributed by atoms with Crippen LogP contribution in [-0.2, 0) is 11.3 Å². The highest BCUT2D eigenvalue weighted by molar-refractivity contribution is 5.67. The first kappa shape index (κ1) is 15.7. The van der Waals surface area contributed by atoms with Gasteiger partial charge in [0, 0.05) is 24.5 Å². The first-order valence-electron chi connectivity index (χ1n) is 6.65. The number of aryl methyl sites for hydroxylation is 1. The molecule has 0 aliphatic carbocycles. The van der Waals surface area contributed by atoms with Crippen molar-refractivity contribution in [1.82, 2.24) is 35.7 Å². The summed E-state index contributed by atoms with van der Waals surface area (Å²) in [5.41, 5.74) is 0.190. The molecule has 22 heavy (non-hydrogen) atoms. The fraction of sp³-hybridized carbons (Fsp3) is 0.462. The molecule has 0 saturated carbocycles. The number of carbonyl (C=O) groups is 1. The lowest BCUT2D eigenvalue weighted by atomic mass is 10.2. The van der Waals surface area contributed by atoms with Gasteiger partial charge in [0.25, 0.3) is 0 Å². The maximum atomic E-state index is 11.5. The first-order chi connectivity index (χ1) is 10.3. The molecular weight excluding hydrogens is 286 g/mol. The van der Waals surface area contributed by atoms with Crippen LogP contribution in [-0.4, -0.2) is 42.1 Å². The summed E-state index contributed by atoms with van der Waals surface area (Å²) in [7, 11) is 0. The Morgan fingerprint density at radius 2 is 1.68 bits per heavy atom. The lowest BCUT2D eigenvalue weighted by Gasteiger charge is -2.19. The fourth-order valence-corrected chi connectivity index (χ4v) is 1.42. The van der Waals surface area contributed by atoms with Crippen molar-refractivity contribution in [3.05, 3.63) is 23.8 Å². The highest BCUT2D eigenvalue weighted by Gasteiger charge is 2.15. The lowest BCUT2D eigenvalue weighted by molar-refractivity contribution is 0.0523. The third kappa shape index (κ3) is 4.69. The number of amides is 1. The summed E-state index contributed by atoms with van der Waals surface area (Å²) in [5.74, 6) is 1.04. The topological polar surface area (TPSA) is 116 Å². The number of alkyl carbamates (subject to hydrolysis) is 1. The zero-order valence-corrected chi connectivity index (χ0v) is 12.9. The van der Waals surface area contributed by atoms with Gasteiger partial charge in [0.1, 0.15) is 5.60 Å². The Bertz CT molecular complexity index is 635. The number of carbonyl (C=O) groups excluding carboxylic acids is 1. The summed E-state index contributed by atoms with van der Waals surface area (Å²) in [6.07, 6.45) is 2.65. The van der Waals surface area contributed by atoms with Crippen molar-refractivity contribution in [1.29, 1.82) is 0 Å². The van der Waals surface area contributed by atoms with E-state index in [0.29, 0.717) is 11.6 Å². The number of hydrogen-bond donors (Lipinski definition) is 1. The largest absolute Gasteiger partial charge is 0.444 e. The minimum Gasteiger partial charge on any atom is -0.444 e. The average molecular weight is 303 g/mol. The normalized spacial score (nSPS) is 11.1. The summed E-state index contributed by atoms with van der Waals surface area (Å²) in [6, 6.07) is 0. The van der Waals surface area contributed by atoms with Crippen molar-refractivity contribution >= 4 is 6.09 Å². The number of hydrogen-bond acceptors (Lipinski definition) is 8. The maximum Gasteiger partial charge on any atom is 0.407 e. The van der Waals surface area contributed by atoms with Crippen LogP contribution < -0.4 is 5.32 Å². The molecule has 0 bridgehead atoms. The van der Waals surface area contributed by atoms with Gasteiger partial charge in [0.05, 0.1) is 0 Å². The van der Waals surface area contributed by atoms with Crippen molar-refractivity contribution < 1.29 is 9.53 Å². The molecule has 1 amide bonds. The Balaban J connectivity index is 1.95. The van der Waals surface area contributed by atoms with E-state index in [-0.39, 0.29) is 12.4 Å². The maximum absolute atomic E-state index is 11.5. The highest BCUT2D eigenvalue weighted by atomic mass is 16.6. The van der Waals surface area contributed by atoms with Crippen LogP contribution in [0.4, 0.5) is 4.79 Å². The van der Waals surface area contributed by atoms with E-state index in [4.69, 9.17) is 4.74 Å². The summed E-state index contributed by atoms with van der Waals surface area (Å²) in [5, 5.41) is 17.9. The van der Waals surface area contributed by atoms with Gasteiger partial charge in [-0.3, -0.25) is 0 Å². The van der Waals surface area contributed by atoms with Crippen molar-refractivity contribution in [3.8, 4) is 11.6 Å². The van der Waals surface area contributed by atoms with Crippen LogP contribution in [0, 0.1) is 6.92 Å². The van der Waals surface area contributed by atoms with E-state index in [1.807, 2.05) is 0 Å². The van der Waals surface area contributed by atoms with E-state index in [9.17, 15) is 4.79 Å². The van der Waals surface area contributed by atoms with Crippen molar-refractivity contribution in [2.45, 2.75) is 39.8 Å². The van der Waals surface area contributed by atoms with Crippen molar-refractivity contribution in [3.63, 3.8) is 0 Å². The second-order valence-corrected chi connectivity index (χ2v) is 5.54.